The van der Waals surface area contributed by atoms with Crippen molar-refractivity contribution in [1.82, 2.24) is 4.72 Å². The molecule has 0 bridgehead atoms. The second-order valence-electron chi connectivity index (χ2n) is 6.07. The van der Waals surface area contributed by atoms with E-state index in [2.05, 4.69) is 10.0 Å². The summed E-state index contributed by atoms with van der Waals surface area (Å²) < 4.78 is 41.6. The smallest absolute Gasteiger partial charge is 0.255 e. The molecule has 0 unspecified atom stereocenters. The van der Waals surface area contributed by atoms with E-state index in [0.29, 0.717) is 21.3 Å². The molecule has 0 aliphatic rings. The molecule has 3 aromatic rings. The Morgan fingerprint density at radius 3 is 2.24 bits per heavy atom. The Morgan fingerprint density at radius 2 is 1.59 bits per heavy atom. The summed E-state index contributed by atoms with van der Waals surface area (Å²) in [5, 5.41) is 3.19. The maximum Gasteiger partial charge on any atom is 0.255 e. The zero-order valence-corrected chi connectivity index (χ0v) is 17.2. The maximum absolute atomic E-state index is 14.2. The normalized spacial score (nSPS) is 11.3. The number of sulfonamides is 1. The van der Waals surface area contributed by atoms with Crippen LogP contribution >= 0.6 is 23.2 Å². The molecular formula is C20H15Cl2FN2O3S. The van der Waals surface area contributed by atoms with Gasteiger partial charge >= 0.3 is 0 Å². The Balaban J connectivity index is 1.82. The van der Waals surface area contributed by atoms with Gasteiger partial charge in [0.2, 0.25) is 10.0 Å². The van der Waals surface area contributed by atoms with Crippen LogP contribution in [0.5, 0.6) is 0 Å². The topological polar surface area (TPSA) is 75.3 Å². The van der Waals surface area contributed by atoms with Crippen molar-refractivity contribution in [2.24, 2.45) is 0 Å². The summed E-state index contributed by atoms with van der Waals surface area (Å²) in [6.45, 7) is -0.0138. The third-order valence-electron chi connectivity index (χ3n) is 3.91. The number of hydrogen-bond donors (Lipinski definition) is 2. The van der Waals surface area contributed by atoms with Crippen molar-refractivity contribution in [2.75, 3.05) is 5.32 Å². The molecule has 1 amide bonds. The number of benzene rings is 3. The van der Waals surface area contributed by atoms with Crippen molar-refractivity contribution in [3.05, 3.63) is 93.7 Å². The number of carbonyl (C=O) groups is 1. The Bertz CT molecular complexity index is 1140. The number of rotatable bonds is 6. The number of hydrogen-bond acceptors (Lipinski definition) is 3. The van der Waals surface area contributed by atoms with Crippen LogP contribution in [0.15, 0.2) is 71.6 Å². The van der Waals surface area contributed by atoms with Gasteiger partial charge in [0.25, 0.3) is 5.91 Å². The Morgan fingerprint density at radius 1 is 0.931 bits per heavy atom. The van der Waals surface area contributed by atoms with E-state index in [9.17, 15) is 17.6 Å². The number of carbonyl (C=O) groups excluding carboxylic acids is 1. The summed E-state index contributed by atoms with van der Waals surface area (Å²) in [6.07, 6.45) is 0. The van der Waals surface area contributed by atoms with Crippen molar-refractivity contribution >= 4 is 44.8 Å². The van der Waals surface area contributed by atoms with Gasteiger partial charge in [0.1, 0.15) is 10.7 Å². The maximum atomic E-state index is 14.2. The molecule has 3 rings (SSSR count). The van der Waals surface area contributed by atoms with Crippen molar-refractivity contribution in [3.63, 3.8) is 0 Å². The minimum atomic E-state index is -4.18. The highest BCUT2D eigenvalue weighted by Gasteiger charge is 2.21. The molecule has 29 heavy (non-hydrogen) atoms. The molecule has 3 aromatic carbocycles. The fourth-order valence-corrected chi connectivity index (χ4v) is 4.18. The summed E-state index contributed by atoms with van der Waals surface area (Å²) in [5.41, 5.74) is 0.995. The van der Waals surface area contributed by atoms with Gasteiger partial charge in [-0.25, -0.2) is 17.5 Å². The SMILES string of the molecule is O=C(Nc1cc(Cl)cc(Cl)c1)c1ccc(F)c(S(=O)(=O)NCc2ccccc2)c1. The first-order valence-electron chi connectivity index (χ1n) is 8.35. The molecule has 0 radical (unpaired) electrons. The van der Waals surface area contributed by atoms with Crippen LogP contribution in [-0.4, -0.2) is 14.3 Å². The minimum Gasteiger partial charge on any atom is -0.322 e. The summed E-state index contributed by atoms with van der Waals surface area (Å²) >= 11 is 11.8. The second-order valence-corrected chi connectivity index (χ2v) is 8.68. The zero-order valence-electron chi connectivity index (χ0n) is 14.8. The Hall–Kier alpha value is -2.45. The highest BCUT2D eigenvalue weighted by atomic mass is 35.5. The lowest BCUT2D eigenvalue weighted by molar-refractivity contribution is 0.102. The van der Waals surface area contributed by atoms with Crippen LogP contribution < -0.4 is 10.0 Å². The molecule has 0 fully saturated rings. The highest BCUT2D eigenvalue weighted by Crippen LogP contribution is 2.23. The van der Waals surface area contributed by atoms with Gasteiger partial charge in [0.15, 0.2) is 0 Å². The third-order valence-corrected chi connectivity index (χ3v) is 5.77. The quantitative estimate of drug-likeness (QED) is 0.560. The number of amides is 1. The first kappa shape index (κ1) is 21.3. The van der Waals surface area contributed by atoms with Gasteiger partial charge in [-0.05, 0) is 42.0 Å². The zero-order chi connectivity index (χ0) is 21.0. The molecule has 9 heteroatoms. The monoisotopic (exact) mass is 452 g/mol. The fourth-order valence-electron chi connectivity index (χ4n) is 2.53. The molecule has 0 heterocycles. The van der Waals surface area contributed by atoms with Gasteiger partial charge < -0.3 is 5.32 Å². The van der Waals surface area contributed by atoms with E-state index in [1.54, 1.807) is 30.3 Å². The van der Waals surface area contributed by atoms with Crippen molar-refractivity contribution < 1.29 is 17.6 Å². The average molecular weight is 453 g/mol. The van der Waals surface area contributed by atoms with Crippen LogP contribution in [0.4, 0.5) is 10.1 Å². The molecule has 5 nitrogen and oxygen atoms in total. The Labute approximate surface area is 177 Å². The second kappa shape index (κ2) is 8.92. The van der Waals surface area contributed by atoms with Crippen LogP contribution in [0.1, 0.15) is 15.9 Å². The van der Waals surface area contributed by atoms with E-state index in [1.807, 2.05) is 0 Å². The van der Waals surface area contributed by atoms with E-state index in [1.165, 1.54) is 24.3 Å². The summed E-state index contributed by atoms with van der Waals surface area (Å²) in [7, 11) is -4.18. The molecule has 0 spiro atoms. The predicted octanol–water partition coefficient (Wildman–Crippen LogP) is 4.86. The van der Waals surface area contributed by atoms with Crippen LogP contribution in [0.2, 0.25) is 10.0 Å². The minimum absolute atomic E-state index is 0.0138. The molecule has 0 saturated carbocycles. The van der Waals surface area contributed by atoms with Crippen LogP contribution in [0.3, 0.4) is 0 Å². The number of halogens is 3. The van der Waals surface area contributed by atoms with Crippen molar-refractivity contribution in [1.29, 1.82) is 0 Å². The lowest BCUT2D eigenvalue weighted by Crippen LogP contribution is -2.25. The fraction of sp³-hybridized carbons (Fsp3) is 0.0500. The average Bonchev–Trinajstić information content (AvgIpc) is 2.66. The van der Waals surface area contributed by atoms with E-state index in [0.717, 1.165) is 12.1 Å². The third kappa shape index (κ3) is 5.55. The largest absolute Gasteiger partial charge is 0.322 e. The lowest BCUT2D eigenvalue weighted by Gasteiger charge is -2.10. The van der Waals surface area contributed by atoms with Crippen molar-refractivity contribution in [2.45, 2.75) is 11.4 Å². The van der Waals surface area contributed by atoms with Gasteiger partial charge in [-0.15, -0.1) is 0 Å². The van der Waals surface area contributed by atoms with Gasteiger partial charge in [0.05, 0.1) is 0 Å². The molecule has 0 aliphatic heterocycles. The van der Waals surface area contributed by atoms with E-state index < -0.39 is 26.6 Å². The first-order chi connectivity index (χ1) is 13.7. The van der Waals surface area contributed by atoms with Crippen LogP contribution in [-0.2, 0) is 16.6 Å². The number of nitrogens with one attached hydrogen (secondary N) is 2. The van der Waals surface area contributed by atoms with Gasteiger partial charge in [-0.3, -0.25) is 4.79 Å². The Kier molecular flexibility index (Phi) is 6.54. The van der Waals surface area contributed by atoms with E-state index in [-0.39, 0.29) is 12.1 Å². The molecule has 150 valence electrons. The van der Waals surface area contributed by atoms with Gasteiger partial charge in [0, 0.05) is 27.8 Å². The van der Waals surface area contributed by atoms with Crippen molar-refractivity contribution in [3.8, 4) is 0 Å². The molecular weight excluding hydrogens is 438 g/mol. The van der Waals surface area contributed by atoms with Gasteiger partial charge in [-0.2, -0.15) is 0 Å². The van der Waals surface area contributed by atoms with Crippen LogP contribution in [0.25, 0.3) is 0 Å². The summed E-state index contributed by atoms with van der Waals surface area (Å²) in [6, 6.07) is 16.3. The standard InChI is InChI=1S/C20H15Cl2FN2O3S/c21-15-9-16(22)11-17(10-15)25-20(26)14-6-7-18(23)19(8-14)29(27,28)24-12-13-4-2-1-3-5-13/h1-11,24H,12H2,(H,25,26). The molecule has 0 aliphatic carbocycles. The highest BCUT2D eigenvalue weighted by molar-refractivity contribution is 7.89. The van der Waals surface area contributed by atoms with Crippen LogP contribution in [0, 0.1) is 5.82 Å². The predicted molar refractivity (Wildman–Crippen MR) is 111 cm³/mol. The molecule has 2 N–H and O–H groups in total. The molecule has 0 aromatic heterocycles. The molecule has 0 saturated heterocycles. The lowest BCUT2D eigenvalue weighted by atomic mass is 10.2. The summed E-state index contributed by atoms with van der Waals surface area (Å²) in [5.74, 6) is -1.60. The molecule has 0 atom stereocenters. The number of anilines is 1. The van der Waals surface area contributed by atoms with E-state index >= 15 is 0 Å². The first-order valence-corrected chi connectivity index (χ1v) is 10.6. The van der Waals surface area contributed by atoms with E-state index in [4.69, 9.17) is 23.2 Å². The van der Waals surface area contributed by atoms with Gasteiger partial charge in [-0.1, -0.05) is 53.5 Å². The summed E-state index contributed by atoms with van der Waals surface area (Å²) in [4.78, 5) is 11.9.